The molecule has 0 saturated heterocycles. The van der Waals surface area contributed by atoms with E-state index in [0.29, 0.717) is 5.75 Å². The summed E-state index contributed by atoms with van der Waals surface area (Å²) in [7, 11) is 0. The Labute approximate surface area is 212 Å². The van der Waals surface area contributed by atoms with Crippen LogP contribution in [0.3, 0.4) is 0 Å². The van der Waals surface area contributed by atoms with E-state index in [0.717, 1.165) is 22.2 Å². The Morgan fingerprint density at radius 1 is 1.06 bits per heavy atom. The zero-order valence-corrected chi connectivity index (χ0v) is 19.7. The third-order valence-corrected chi connectivity index (χ3v) is 5.59. The fourth-order valence-corrected chi connectivity index (χ4v) is 3.65. The van der Waals surface area contributed by atoms with Gasteiger partial charge in [-0.3, -0.25) is 4.79 Å². The first-order valence-electron chi connectivity index (χ1n) is 10.1. The highest BCUT2D eigenvalue weighted by Gasteiger charge is 2.34. The van der Waals surface area contributed by atoms with Crippen molar-refractivity contribution in [3.8, 4) is 11.4 Å². The number of rotatable bonds is 6. The van der Waals surface area contributed by atoms with Crippen LogP contribution >= 0.6 is 34.8 Å². The predicted octanol–water partition coefficient (Wildman–Crippen LogP) is 6.80. The second-order valence-corrected chi connectivity index (χ2v) is 9.74. The lowest BCUT2D eigenvalue weighted by Crippen LogP contribution is -2.44. The molecule has 1 heterocycles. The van der Waals surface area contributed by atoms with E-state index >= 15 is 0 Å². The van der Waals surface area contributed by atoms with Gasteiger partial charge in [-0.1, -0.05) is 72.6 Å². The van der Waals surface area contributed by atoms with E-state index in [-0.39, 0.29) is 13.2 Å². The standard InChI is InChI=1S/C24H19Cl3FN3O2.CH4/c1-15(30-23(32)24(25,26)27)22(16-5-3-2-4-6-16)33-20-11-12-21-17(13-20)14-29-31(21)19-9-7-18(28)8-10-19;/h2-15,22H,1H3,(H,30,32);1H4/t15-,22-;/m0./s1. The second kappa shape index (κ2) is 10.6. The molecule has 0 unspecified atom stereocenters. The van der Waals surface area contributed by atoms with Crippen LogP contribution in [-0.4, -0.2) is 25.5 Å². The summed E-state index contributed by atoms with van der Waals surface area (Å²) in [6, 6.07) is 20.6. The molecule has 0 radical (unpaired) electrons. The minimum absolute atomic E-state index is 0. The number of halogens is 4. The Bertz CT molecular complexity index is 1260. The topological polar surface area (TPSA) is 56.1 Å². The highest BCUT2D eigenvalue weighted by molar-refractivity contribution is 6.76. The molecule has 3 aromatic carbocycles. The summed E-state index contributed by atoms with van der Waals surface area (Å²) in [5, 5.41) is 7.95. The lowest BCUT2D eigenvalue weighted by Gasteiger charge is -2.27. The van der Waals surface area contributed by atoms with E-state index < -0.39 is 21.8 Å². The first-order valence-corrected chi connectivity index (χ1v) is 11.2. The van der Waals surface area contributed by atoms with Gasteiger partial charge in [-0.2, -0.15) is 5.10 Å². The molecular formula is C25H23Cl3FN3O2. The van der Waals surface area contributed by atoms with Crippen molar-refractivity contribution >= 4 is 51.6 Å². The largest absolute Gasteiger partial charge is 0.484 e. The lowest BCUT2D eigenvalue weighted by atomic mass is 10.0. The van der Waals surface area contributed by atoms with E-state index in [2.05, 4.69) is 10.4 Å². The Kier molecular flexibility index (Phi) is 8.08. The average molecular weight is 523 g/mol. The van der Waals surface area contributed by atoms with Crippen molar-refractivity contribution < 1.29 is 13.9 Å². The molecule has 0 aliphatic heterocycles. The van der Waals surface area contributed by atoms with Crippen molar-refractivity contribution in [2.45, 2.75) is 30.3 Å². The monoisotopic (exact) mass is 521 g/mol. The summed E-state index contributed by atoms with van der Waals surface area (Å²) in [6.07, 6.45) is 1.16. The Morgan fingerprint density at radius 2 is 1.74 bits per heavy atom. The van der Waals surface area contributed by atoms with Crippen molar-refractivity contribution in [1.82, 2.24) is 15.1 Å². The maximum atomic E-state index is 13.3. The van der Waals surface area contributed by atoms with Gasteiger partial charge in [0.2, 0.25) is 0 Å². The van der Waals surface area contributed by atoms with Gasteiger partial charge in [0.25, 0.3) is 9.70 Å². The molecule has 0 spiro atoms. The molecule has 0 bridgehead atoms. The number of ether oxygens (including phenoxy) is 1. The number of fused-ring (bicyclic) bond motifs is 1. The van der Waals surface area contributed by atoms with Crippen LogP contribution in [0, 0.1) is 5.82 Å². The zero-order valence-electron chi connectivity index (χ0n) is 17.4. The van der Waals surface area contributed by atoms with Gasteiger partial charge in [0.1, 0.15) is 17.7 Å². The van der Waals surface area contributed by atoms with Crippen LogP contribution in [0.15, 0.2) is 79.0 Å². The lowest BCUT2D eigenvalue weighted by molar-refractivity contribution is -0.121. The quantitative estimate of drug-likeness (QED) is 0.283. The Balaban J connectivity index is 0.00000324. The minimum Gasteiger partial charge on any atom is -0.484 e. The molecule has 0 aliphatic carbocycles. The zero-order chi connectivity index (χ0) is 23.6. The predicted molar refractivity (Wildman–Crippen MR) is 135 cm³/mol. The molecule has 1 aromatic heterocycles. The highest BCUT2D eigenvalue weighted by atomic mass is 35.6. The van der Waals surface area contributed by atoms with Crippen molar-refractivity contribution in [3.63, 3.8) is 0 Å². The van der Waals surface area contributed by atoms with Crippen molar-refractivity contribution in [3.05, 3.63) is 90.4 Å². The molecule has 0 fully saturated rings. The molecule has 1 N–H and O–H groups in total. The molecule has 0 saturated carbocycles. The summed E-state index contributed by atoms with van der Waals surface area (Å²) >= 11 is 17.1. The van der Waals surface area contributed by atoms with Crippen LogP contribution in [0.5, 0.6) is 5.75 Å². The normalized spacial score (nSPS) is 13.1. The van der Waals surface area contributed by atoms with Gasteiger partial charge in [0, 0.05) is 5.39 Å². The molecule has 0 aliphatic rings. The molecule has 1 amide bonds. The van der Waals surface area contributed by atoms with E-state index in [1.807, 2.05) is 48.5 Å². The number of carbonyl (C=O) groups is 1. The minimum atomic E-state index is -2.08. The number of hydrogen-bond donors (Lipinski definition) is 1. The van der Waals surface area contributed by atoms with Gasteiger partial charge in [-0.15, -0.1) is 0 Å². The molecule has 178 valence electrons. The van der Waals surface area contributed by atoms with Crippen LogP contribution in [0.2, 0.25) is 0 Å². The number of carbonyl (C=O) groups excluding carboxylic acids is 1. The first-order chi connectivity index (χ1) is 15.7. The molecule has 4 aromatic rings. The van der Waals surface area contributed by atoms with E-state index in [9.17, 15) is 9.18 Å². The SMILES string of the molecule is C.C[C@H](NC(=O)C(Cl)(Cl)Cl)[C@H](Oc1ccc2c(cnn2-c2ccc(F)cc2)c1)c1ccccc1. The second-order valence-electron chi connectivity index (χ2n) is 7.46. The van der Waals surface area contributed by atoms with Gasteiger partial charge < -0.3 is 10.1 Å². The smallest absolute Gasteiger partial charge is 0.272 e. The van der Waals surface area contributed by atoms with Crippen LogP contribution < -0.4 is 10.1 Å². The average Bonchev–Trinajstić information content (AvgIpc) is 3.21. The first kappa shape index (κ1) is 25.8. The van der Waals surface area contributed by atoms with E-state index in [4.69, 9.17) is 39.5 Å². The van der Waals surface area contributed by atoms with Crippen LogP contribution in [0.4, 0.5) is 4.39 Å². The van der Waals surface area contributed by atoms with Gasteiger partial charge >= 0.3 is 0 Å². The van der Waals surface area contributed by atoms with Gasteiger partial charge in [-0.25, -0.2) is 9.07 Å². The van der Waals surface area contributed by atoms with E-state index in [1.165, 1.54) is 12.1 Å². The number of nitrogens with zero attached hydrogens (tertiary/aromatic N) is 2. The van der Waals surface area contributed by atoms with Crippen molar-refractivity contribution in [2.24, 2.45) is 0 Å². The van der Waals surface area contributed by atoms with Crippen molar-refractivity contribution in [2.75, 3.05) is 0 Å². The van der Waals surface area contributed by atoms with Gasteiger partial charge in [0.15, 0.2) is 0 Å². The number of alkyl halides is 3. The fourth-order valence-electron chi connectivity index (χ4n) is 3.48. The summed E-state index contributed by atoms with van der Waals surface area (Å²) in [5.41, 5.74) is 2.42. The Morgan fingerprint density at radius 3 is 2.38 bits per heavy atom. The van der Waals surface area contributed by atoms with Gasteiger partial charge in [-0.05, 0) is 55.0 Å². The molecule has 5 nitrogen and oxygen atoms in total. The fraction of sp³-hybridized carbons (Fsp3) is 0.200. The van der Waals surface area contributed by atoms with Gasteiger partial charge in [0.05, 0.1) is 23.4 Å². The van der Waals surface area contributed by atoms with E-state index in [1.54, 1.807) is 29.9 Å². The number of aromatic nitrogens is 2. The Hall–Kier alpha value is -2.80. The number of nitrogens with one attached hydrogen (secondary N) is 1. The highest BCUT2D eigenvalue weighted by Crippen LogP contribution is 2.31. The number of amides is 1. The maximum Gasteiger partial charge on any atom is 0.272 e. The van der Waals surface area contributed by atoms with Crippen LogP contribution in [0.1, 0.15) is 26.0 Å². The summed E-state index contributed by atoms with van der Waals surface area (Å²) < 4.78 is 19.2. The summed E-state index contributed by atoms with van der Waals surface area (Å²) in [4.78, 5) is 12.2. The summed E-state index contributed by atoms with van der Waals surface area (Å²) in [5.74, 6) is -0.473. The number of benzene rings is 3. The molecular weight excluding hydrogens is 500 g/mol. The number of hydrogen-bond acceptors (Lipinski definition) is 3. The molecule has 4 rings (SSSR count). The third-order valence-electron chi connectivity index (χ3n) is 5.07. The van der Waals surface area contributed by atoms with Crippen LogP contribution in [-0.2, 0) is 4.79 Å². The molecule has 34 heavy (non-hydrogen) atoms. The summed E-state index contributed by atoms with van der Waals surface area (Å²) in [6.45, 7) is 1.77. The van der Waals surface area contributed by atoms with Crippen LogP contribution in [0.25, 0.3) is 16.6 Å². The maximum absolute atomic E-state index is 13.3. The van der Waals surface area contributed by atoms with Crippen molar-refractivity contribution in [1.29, 1.82) is 0 Å². The molecule has 2 atom stereocenters. The third kappa shape index (κ3) is 5.81. The molecule has 9 heteroatoms.